The average Bonchev–Trinajstić information content (AvgIpc) is 2.57. The van der Waals surface area contributed by atoms with E-state index in [2.05, 4.69) is 6.92 Å². The van der Waals surface area contributed by atoms with E-state index < -0.39 is 22.2 Å². The Hall–Kier alpha value is -0.420. The van der Waals surface area contributed by atoms with Crippen LogP contribution in [0, 0.1) is 39.9 Å². The van der Waals surface area contributed by atoms with Crippen molar-refractivity contribution < 1.29 is 19.2 Å². The van der Waals surface area contributed by atoms with E-state index in [1.54, 1.807) is 6.26 Å². The van der Waals surface area contributed by atoms with Gasteiger partial charge in [0, 0.05) is 22.8 Å². The zero-order chi connectivity index (χ0) is 18.9. The Bertz CT molecular complexity index is 636. The molecule has 5 fully saturated rings. The van der Waals surface area contributed by atoms with E-state index in [0.29, 0.717) is 17.6 Å². The van der Waals surface area contributed by atoms with Gasteiger partial charge < -0.3 is 10.2 Å². The highest BCUT2D eigenvalue weighted by Gasteiger charge is 2.68. The van der Waals surface area contributed by atoms with Crippen LogP contribution < -0.4 is 0 Å². The van der Waals surface area contributed by atoms with E-state index in [1.165, 1.54) is 0 Å². The van der Waals surface area contributed by atoms with Crippen molar-refractivity contribution in [3.63, 3.8) is 0 Å². The molecule has 0 heterocycles. The van der Waals surface area contributed by atoms with Gasteiger partial charge in [0.25, 0.3) is 0 Å². The molecule has 3 unspecified atom stereocenters. The standard InChI is InChI=1S/C21H34O4S/c1-19-7-4-8-20(2,18(23)24)15(19)6-10-21-9-5-13(11-16(19)21)14(17(21)22)12-26(3)25/h13-17,22H,4-12H2,1-3H3,(H,23,24)/t13-,14-,15?,16?,17+,19-,20-,21+,26?/m1/s1. The van der Waals surface area contributed by atoms with Crippen LogP contribution in [0.4, 0.5) is 0 Å². The molecule has 26 heavy (non-hydrogen) atoms. The Kier molecular flexibility index (Phi) is 4.39. The number of rotatable bonds is 3. The van der Waals surface area contributed by atoms with Crippen LogP contribution in [0.3, 0.4) is 0 Å². The van der Waals surface area contributed by atoms with Gasteiger partial charge in [0.1, 0.15) is 0 Å². The minimum atomic E-state index is -0.876. The summed E-state index contributed by atoms with van der Waals surface area (Å²) in [5.41, 5.74) is -0.680. The zero-order valence-corrected chi connectivity index (χ0v) is 17.2. The van der Waals surface area contributed by atoms with Crippen molar-refractivity contribution in [2.24, 2.45) is 39.9 Å². The third kappa shape index (κ3) is 2.35. The number of hydrogen-bond acceptors (Lipinski definition) is 3. The molecule has 5 aliphatic rings. The molecular formula is C21H34O4S. The number of aliphatic hydroxyl groups is 1. The summed E-state index contributed by atoms with van der Waals surface area (Å²) in [4.78, 5) is 12.1. The highest BCUT2D eigenvalue weighted by Crippen LogP contribution is 2.72. The van der Waals surface area contributed by atoms with Crippen LogP contribution in [0.25, 0.3) is 0 Å². The highest BCUT2D eigenvalue weighted by atomic mass is 32.2. The van der Waals surface area contributed by atoms with E-state index >= 15 is 0 Å². The summed E-state index contributed by atoms with van der Waals surface area (Å²) >= 11 is 0. The molecule has 5 rings (SSSR count). The van der Waals surface area contributed by atoms with Crippen molar-refractivity contribution in [3.05, 3.63) is 0 Å². The van der Waals surface area contributed by atoms with Gasteiger partial charge in [-0.2, -0.15) is 0 Å². The molecule has 2 bridgehead atoms. The van der Waals surface area contributed by atoms with Crippen LogP contribution >= 0.6 is 0 Å². The van der Waals surface area contributed by atoms with Gasteiger partial charge in [0.05, 0.1) is 11.5 Å². The molecule has 1 spiro atoms. The molecule has 148 valence electrons. The van der Waals surface area contributed by atoms with Crippen molar-refractivity contribution in [2.75, 3.05) is 12.0 Å². The van der Waals surface area contributed by atoms with E-state index in [-0.39, 0.29) is 28.8 Å². The first kappa shape index (κ1) is 18.9. The van der Waals surface area contributed by atoms with Gasteiger partial charge in [0.15, 0.2) is 0 Å². The molecule has 0 aromatic rings. The van der Waals surface area contributed by atoms with Gasteiger partial charge >= 0.3 is 5.97 Å². The normalized spacial score (nSPS) is 54.2. The Labute approximate surface area is 159 Å². The van der Waals surface area contributed by atoms with Gasteiger partial charge in [-0.15, -0.1) is 0 Å². The summed E-state index contributed by atoms with van der Waals surface area (Å²) in [5.74, 6) is 1.23. The number of carbonyl (C=O) groups is 1. The van der Waals surface area contributed by atoms with E-state index in [9.17, 15) is 19.2 Å². The molecule has 5 heteroatoms. The van der Waals surface area contributed by atoms with E-state index in [0.717, 1.165) is 51.4 Å². The van der Waals surface area contributed by atoms with Crippen LogP contribution in [-0.2, 0) is 15.6 Å². The topological polar surface area (TPSA) is 74.6 Å². The molecule has 4 nitrogen and oxygen atoms in total. The number of hydrogen-bond donors (Lipinski definition) is 2. The first-order valence-corrected chi connectivity index (χ1v) is 12.1. The number of aliphatic carboxylic acids is 1. The summed E-state index contributed by atoms with van der Waals surface area (Å²) in [7, 11) is -0.876. The molecule has 0 saturated heterocycles. The van der Waals surface area contributed by atoms with E-state index in [1.807, 2.05) is 6.92 Å². The number of carboxylic acids is 1. The summed E-state index contributed by atoms with van der Waals surface area (Å²) < 4.78 is 11.9. The van der Waals surface area contributed by atoms with Gasteiger partial charge in [0.2, 0.25) is 0 Å². The van der Waals surface area contributed by atoms with Crippen LogP contribution in [0.2, 0.25) is 0 Å². The Balaban J connectivity index is 1.71. The minimum Gasteiger partial charge on any atom is -0.481 e. The van der Waals surface area contributed by atoms with E-state index in [4.69, 9.17) is 0 Å². The third-order valence-corrected chi connectivity index (χ3v) is 10.3. The molecule has 2 N–H and O–H groups in total. The van der Waals surface area contributed by atoms with Crippen LogP contribution in [0.15, 0.2) is 0 Å². The van der Waals surface area contributed by atoms with Crippen molar-refractivity contribution >= 4 is 16.8 Å². The maximum Gasteiger partial charge on any atom is 0.309 e. The lowest BCUT2D eigenvalue weighted by atomic mass is 9.35. The predicted octanol–water partition coefficient (Wildman–Crippen LogP) is 3.45. The van der Waals surface area contributed by atoms with Gasteiger partial charge in [-0.1, -0.05) is 13.3 Å². The van der Waals surface area contributed by atoms with Crippen LogP contribution in [-0.4, -0.2) is 38.5 Å². The number of fused-ring (bicyclic) bond motifs is 3. The SMILES string of the molecule is CS(=O)C[C@@H]1[C@@H]2CC[C@@]3(CCC4[C@@](C)(CCC[C@@]4(C)C(=O)O)C3C2)[C@H]1O. The Morgan fingerprint density at radius 3 is 2.46 bits per heavy atom. The predicted molar refractivity (Wildman–Crippen MR) is 102 cm³/mol. The summed E-state index contributed by atoms with van der Waals surface area (Å²) in [6.45, 7) is 4.31. The van der Waals surface area contributed by atoms with Crippen LogP contribution in [0.5, 0.6) is 0 Å². The molecule has 0 radical (unpaired) electrons. The quantitative estimate of drug-likeness (QED) is 0.784. The molecule has 5 saturated carbocycles. The molecular weight excluding hydrogens is 348 g/mol. The second-order valence-corrected chi connectivity index (χ2v) is 11.8. The lowest BCUT2D eigenvalue weighted by Gasteiger charge is -2.69. The fraction of sp³-hybridized carbons (Fsp3) is 0.952. The number of carboxylic acid groups (broad SMARTS) is 1. The number of aliphatic hydroxyl groups excluding tert-OH is 1. The van der Waals surface area contributed by atoms with Crippen LogP contribution in [0.1, 0.15) is 65.2 Å². The monoisotopic (exact) mass is 382 g/mol. The molecule has 9 atom stereocenters. The Morgan fingerprint density at radius 1 is 1.12 bits per heavy atom. The molecule has 0 amide bonds. The largest absolute Gasteiger partial charge is 0.481 e. The maximum atomic E-state index is 12.1. The summed E-state index contributed by atoms with van der Waals surface area (Å²) in [6.07, 6.45) is 9.42. The van der Waals surface area contributed by atoms with Gasteiger partial charge in [-0.25, -0.2) is 0 Å². The summed E-state index contributed by atoms with van der Waals surface area (Å²) in [5, 5.41) is 21.4. The van der Waals surface area contributed by atoms with Crippen molar-refractivity contribution in [1.82, 2.24) is 0 Å². The van der Waals surface area contributed by atoms with Crippen molar-refractivity contribution in [1.29, 1.82) is 0 Å². The average molecular weight is 383 g/mol. The molecule has 0 aromatic carbocycles. The highest BCUT2D eigenvalue weighted by molar-refractivity contribution is 7.84. The Morgan fingerprint density at radius 2 is 1.81 bits per heavy atom. The fourth-order valence-electron chi connectivity index (χ4n) is 8.23. The molecule has 5 aliphatic carbocycles. The fourth-order valence-corrected chi connectivity index (χ4v) is 9.23. The minimum absolute atomic E-state index is 0.0135. The third-order valence-electron chi connectivity index (χ3n) is 9.40. The second-order valence-electron chi connectivity index (χ2n) is 10.3. The lowest BCUT2D eigenvalue weighted by Crippen LogP contribution is -2.67. The first-order valence-electron chi connectivity index (χ1n) is 10.4. The first-order chi connectivity index (χ1) is 12.1. The van der Waals surface area contributed by atoms with Crippen molar-refractivity contribution in [2.45, 2.75) is 71.3 Å². The molecule has 0 aliphatic heterocycles. The zero-order valence-electron chi connectivity index (χ0n) is 16.4. The lowest BCUT2D eigenvalue weighted by molar-refractivity contribution is -0.241. The van der Waals surface area contributed by atoms with Gasteiger partial charge in [-0.05, 0) is 86.4 Å². The second kappa shape index (κ2) is 6.04. The van der Waals surface area contributed by atoms with Crippen molar-refractivity contribution in [3.8, 4) is 0 Å². The van der Waals surface area contributed by atoms with Gasteiger partial charge in [-0.3, -0.25) is 9.00 Å². The molecule has 0 aromatic heterocycles. The smallest absolute Gasteiger partial charge is 0.309 e. The maximum absolute atomic E-state index is 12.1. The summed E-state index contributed by atoms with van der Waals surface area (Å²) in [6, 6.07) is 0.